The molecule has 0 aliphatic heterocycles. The van der Waals surface area contributed by atoms with Crippen molar-refractivity contribution in [1.29, 1.82) is 0 Å². The highest BCUT2D eigenvalue weighted by Gasteiger charge is 2.22. The van der Waals surface area contributed by atoms with E-state index in [1.807, 2.05) is 14.1 Å². The summed E-state index contributed by atoms with van der Waals surface area (Å²) in [6.45, 7) is 8.28. The van der Waals surface area contributed by atoms with Crippen LogP contribution in [0.15, 0.2) is 24.3 Å². The van der Waals surface area contributed by atoms with Gasteiger partial charge in [0.25, 0.3) is 0 Å². The van der Waals surface area contributed by atoms with Crippen molar-refractivity contribution < 1.29 is 23.8 Å². The Labute approximate surface area is 317 Å². The van der Waals surface area contributed by atoms with E-state index in [0.717, 1.165) is 51.5 Å². The molecule has 0 aliphatic carbocycles. The zero-order valence-electron chi connectivity index (χ0n) is 34.6. The average molecular weight is 720 g/mol. The molecular formula is C45H85NO5. The summed E-state index contributed by atoms with van der Waals surface area (Å²) in [6, 6.07) is 0. The normalized spacial score (nSPS) is 12.5. The van der Waals surface area contributed by atoms with E-state index in [-0.39, 0.29) is 12.1 Å². The first kappa shape index (κ1) is 49.2. The van der Waals surface area contributed by atoms with Gasteiger partial charge in [0, 0.05) is 19.4 Å². The molecule has 0 N–H and O–H groups in total. The van der Waals surface area contributed by atoms with Gasteiger partial charge in [-0.25, -0.2) is 4.79 Å². The van der Waals surface area contributed by atoms with Crippen LogP contribution in [0.4, 0.5) is 4.79 Å². The monoisotopic (exact) mass is 720 g/mol. The minimum absolute atomic E-state index is 0.138. The summed E-state index contributed by atoms with van der Waals surface area (Å²) in [5.41, 5.74) is 0. The van der Waals surface area contributed by atoms with E-state index in [2.05, 4.69) is 50.0 Å². The molecule has 0 fully saturated rings. The molecule has 1 unspecified atom stereocenters. The molecule has 0 saturated heterocycles. The van der Waals surface area contributed by atoms with Gasteiger partial charge in [-0.1, -0.05) is 167 Å². The predicted molar refractivity (Wildman–Crippen MR) is 218 cm³/mol. The molecule has 0 amide bonds. The zero-order chi connectivity index (χ0) is 37.5. The lowest BCUT2D eigenvalue weighted by Gasteiger charge is -2.24. The van der Waals surface area contributed by atoms with E-state index in [1.54, 1.807) is 0 Å². The van der Waals surface area contributed by atoms with Gasteiger partial charge in [-0.3, -0.25) is 4.79 Å². The summed E-state index contributed by atoms with van der Waals surface area (Å²) in [4.78, 5) is 27.3. The van der Waals surface area contributed by atoms with Gasteiger partial charge in [0.05, 0.1) is 13.2 Å². The number of unbranched alkanes of at least 4 members (excludes halogenated alkanes) is 18. The SMILES string of the molecule is CCCCC/C=C/C/C=C/CCCCCCCC(=O)OCCC(CC(CCCCCCCC)CCCCCCCC)OC(=O)OCCCN(C)C. The Morgan fingerprint density at radius 1 is 0.549 bits per heavy atom. The highest BCUT2D eigenvalue weighted by atomic mass is 16.7. The van der Waals surface area contributed by atoms with Crippen LogP contribution in [-0.2, 0) is 19.0 Å². The first-order valence-corrected chi connectivity index (χ1v) is 21.9. The van der Waals surface area contributed by atoms with Crippen molar-refractivity contribution in [3.63, 3.8) is 0 Å². The minimum atomic E-state index is -0.590. The molecule has 0 saturated carbocycles. The second-order valence-electron chi connectivity index (χ2n) is 15.2. The largest absolute Gasteiger partial charge is 0.508 e. The molecule has 0 aromatic rings. The molecule has 1 atom stereocenters. The third-order valence-electron chi connectivity index (χ3n) is 9.79. The van der Waals surface area contributed by atoms with Gasteiger partial charge in [0.15, 0.2) is 0 Å². The van der Waals surface area contributed by atoms with E-state index >= 15 is 0 Å². The van der Waals surface area contributed by atoms with E-state index in [4.69, 9.17) is 14.2 Å². The molecule has 300 valence electrons. The third kappa shape index (κ3) is 37.7. The number of hydrogen-bond acceptors (Lipinski definition) is 6. The molecule has 0 radical (unpaired) electrons. The summed E-state index contributed by atoms with van der Waals surface area (Å²) >= 11 is 0. The smallest absolute Gasteiger partial charge is 0.466 e. The number of esters is 1. The number of allylic oxidation sites excluding steroid dienone is 4. The van der Waals surface area contributed by atoms with Crippen molar-refractivity contribution in [1.82, 2.24) is 4.90 Å². The van der Waals surface area contributed by atoms with Gasteiger partial charge in [0.2, 0.25) is 0 Å². The van der Waals surface area contributed by atoms with Crippen molar-refractivity contribution in [2.45, 2.75) is 213 Å². The van der Waals surface area contributed by atoms with Crippen LogP contribution in [0.25, 0.3) is 0 Å². The molecule has 0 bridgehead atoms. The highest BCUT2D eigenvalue weighted by Crippen LogP contribution is 2.26. The van der Waals surface area contributed by atoms with Crippen molar-refractivity contribution in [2.24, 2.45) is 5.92 Å². The summed E-state index contributed by atoms with van der Waals surface area (Å²) in [7, 11) is 4.03. The van der Waals surface area contributed by atoms with Crippen LogP contribution >= 0.6 is 0 Å². The van der Waals surface area contributed by atoms with Gasteiger partial charge in [-0.05, 0) is 71.4 Å². The Hall–Kier alpha value is -1.82. The van der Waals surface area contributed by atoms with E-state index in [9.17, 15) is 9.59 Å². The maximum Gasteiger partial charge on any atom is 0.508 e. The molecule has 0 spiro atoms. The van der Waals surface area contributed by atoms with E-state index in [0.29, 0.717) is 32.0 Å². The Bertz CT molecular complexity index is 794. The number of nitrogens with zero attached hydrogens (tertiary/aromatic N) is 1. The lowest BCUT2D eigenvalue weighted by Crippen LogP contribution is -2.25. The lowest BCUT2D eigenvalue weighted by molar-refractivity contribution is -0.144. The Morgan fingerprint density at radius 3 is 1.65 bits per heavy atom. The predicted octanol–water partition coefficient (Wildman–Crippen LogP) is 13.7. The zero-order valence-corrected chi connectivity index (χ0v) is 34.6. The van der Waals surface area contributed by atoms with E-state index < -0.39 is 6.16 Å². The molecule has 6 nitrogen and oxygen atoms in total. The summed E-state index contributed by atoms with van der Waals surface area (Å²) in [5.74, 6) is 0.374. The molecule has 6 heteroatoms. The standard InChI is InChI=1S/C45H85NO5/c1-6-9-12-15-18-19-20-21-22-23-24-25-26-29-32-36-44(47)49-40-37-43(51-45(48)50-39-33-38-46(4)5)41-42(34-30-27-16-13-10-7-2)35-31-28-17-14-11-8-3/h18-19,21-22,42-43H,6-17,20,23-41H2,1-5H3/b19-18+,22-21+. The van der Waals surface area contributed by atoms with Crippen molar-refractivity contribution >= 4 is 12.1 Å². The molecular weight excluding hydrogens is 634 g/mol. The van der Waals surface area contributed by atoms with Crippen LogP contribution in [0.1, 0.15) is 207 Å². The van der Waals surface area contributed by atoms with Crippen LogP contribution in [0, 0.1) is 5.92 Å². The summed E-state index contributed by atoms with van der Waals surface area (Å²) in [5, 5.41) is 0. The fourth-order valence-electron chi connectivity index (χ4n) is 6.57. The summed E-state index contributed by atoms with van der Waals surface area (Å²) < 4.78 is 17.0. The fraction of sp³-hybridized carbons (Fsp3) is 0.867. The molecule has 0 aromatic carbocycles. The summed E-state index contributed by atoms with van der Waals surface area (Å²) in [6.07, 6.45) is 41.5. The van der Waals surface area contributed by atoms with Gasteiger partial charge < -0.3 is 19.1 Å². The second kappa shape index (κ2) is 39.4. The second-order valence-corrected chi connectivity index (χ2v) is 15.2. The van der Waals surface area contributed by atoms with Crippen LogP contribution < -0.4 is 0 Å². The van der Waals surface area contributed by atoms with Gasteiger partial charge in [-0.15, -0.1) is 0 Å². The number of carbonyl (C=O) groups is 2. The number of hydrogen-bond donors (Lipinski definition) is 0. The molecule has 51 heavy (non-hydrogen) atoms. The molecule has 0 aliphatic rings. The maximum absolute atomic E-state index is 12.7. The van der Waals surface area contributed by atoms with Gasteiger partial charge in [0.1, 0.15) is 6.10 Å². The number of carbonyl (C=O) groups excluding carboxylic acids is 2. The quantitative estimate of drug-likeness (QED) is 0.0359. The maximum atomic E-state index is 12.7. The van der Waals surface area contributed by atoms with E-state index in [1.165, 1.54) is 128 Å². The molecule has 0 rings (SSSR count). The Balaban J connectivity index is 4.68. The number of rotatable bonds is 38. The Kier molecular flexibility index (Phi) is 38.0. The highest BCUT2D eigenvalue weighted by molar-refractivity contribution is 5.69. The Morgan fingerprint density at radius 2 is 1.06 bits per heavy atom. The average Bonchev–Trinajstić information content (AvgIpc) is 3.11. The van der Waals surface area contributed by atoms with Crippen molar-refractivity contribution in [3.05, 3.63) is 24.3 Å². The van der Waals surface area contributed by atoms with Crippen LogP contribution in [0.5, 0.6) is 0 Å². The number of ether oxygens (including phenoxy) is 3. The first-order valence-electron chi connectivity index (χ1n) is 21.9. The lowest BCUT2D eigenvalue weighted by atomic mass is 9.88. The first-order chi connectivity index (χ1) is 24.9. The van der Waals surface area contributed by atoms with Crippen molar-refractivity contribution in [2.75, 3.05) is 33.9 Å². The third-order valence-corrected chi connectivity index (χ3v) is 9.79. The van der Waals surface area contributed by atoms with Crippen LogP contribution in [0.2, 0.25) is 0 Å². The minimum Gasteiger partial charge on any atom is -0.466 e. The molecule has 0 aromatic heterocycles. The molecule has 0 heterocycles. The van der Waals surface area contributed by atoms with Crippen LogP contribution in [0.3, 0.4) is 0 Å². The fourth-order valence-corrected chi connectivity index (χ4v) is 6.57. The van der Waals surface area contributed by atoms with Crippen LogP contribution in [-0.4, -0.2) is 57.0 Å². The van der Waals surface area contributed by atoms with Crippen molar-refractivity contribution in [3.8, 4) is 0 Å². The van der Waals surface area contributed by atoms with Gasteiger partial charge in [-0.2, -0.15) is 0 Å². The topological polar surface area (TPSA) is 65.1 Å². The van der Waals surface area contributed by atoms with Gasteiger partial charge >= 0.3 is 12.1 Å².